The molecule has 9 heteroatoms. The molecule has 1 saturated heterocycles. The zero-order valence-corrected chi connectivity index (χ0v) is 14.7. The quantitative estimate of drug-likeness (QED) is 0.760. The maximum absolute atomic E-state index is 13.2. The number of aromatic nitrogens is 4. The highest BCUT2D eigenvalue weighted by molar-refractivity contribution is 7.15. The molecule has 3 heterocycles. The van der Waals surface area contributed by atoms with Crippen LogP contribution >= 0.6 is 11.3 Å². The molecule has 1 amide bonds. The van der Waals surface area contributed by atoms with Crippen LogP contribution in [-0.2, 0) is 9.53 Å². The van der Waals surface area contributed by atoms with Gasteiger partial charge in [0.05, 0.1) is 17.3 Å². The van der Waals surface area contributed by atoms with Crippen molar-refractivity contribution in [2.45, 2.75) is 19.4 Å². The normalized spacial score (nSPS) is 19.6. The first-order chi connectivity index (χ1) is 12.6. The summed E-state index contributed by atoms with van der Waals surface area (Å²) in [6, 6.07) is 7.84. The molecule has 1 N–H and O–H groups in total. The van der Waals surface area contributed by atoms with Crippen molar-refractivity contribution in [1.29, 1.82) is 0 Å². The fourth-order valence-electron chi connectivity index (χ4n) is 3.02. The number of hydrogen-bond donors (Lipinski definition) is 1. The van der Waals surface area contributed by atoms with Crippen molar-refractivity contribution >= 4 is 22.4 Å². The van der Waals surface area contributed by atoms with Crippen LogP contribution in [0.25, 0.3) is 5.69 Å². The first-order valence-corrected chi connectivity index (χ1v) is 8.96. The number of anilines is 1. The van der Waals surface area contributed by atoms with Crippen LogP contribution in [0.3, 0.4) is 0 Å². The van der Waals surface area contributed by atoms with Crippen LogP contribution in [0.15, 0.2) is 36.5 Å². The molecule has 1 aliphatic heterocycles. The minimum absolute atomic E-state index is 0.157. The second-order valence-corrected chi connectivity index (χ2v) is 7.13. The van der Waals surface area contributed by atoms with Gasteiger partial charge < -0.3 is 10.1 Å². The number of rotatable bonds is 4. The Kier molecular flexibility index (Phi) is 4.48. The summed E-state index contributed by atoms with van der Waals surface area (Å²) in [5, 5.41) is 16.2. The van der Waals surface area contributed by atoms with Crippen molar-refractivity contribution in [1.82, 2.24) is 20.0 Å². The molecule has 3 aromatic rings. The second kappa shape index (κ2) is 6.93. The van der Waals surface area contributed by atoms with Gasteiger partial charge in [0.1, 0.15) is 16.9 Å². The van der Waals surface area contributed by atoms with E-state index in [1.165, 1.54) is 23.5 Å². The first kappa shape index (κ1) is 16.8. The summed E-state index contributed by atoms with van der Waals surface area (Å²) < 4.78 is 20.7. The van der Waals surface area contributed by atoms with E-state index in [-0.39, 0.29) is 17.6 Å². The molecule has 2 atom stereocenters. The predicted octanol–water partition coefficient (Wildman–Crippen LogP) is 2.89. The maximum Gasteiger partial charge on any atom is 0.232 e. The highest BCUT2D eigenvalue weighted by atomic mass is 32.1. The number of nitrogens with one attached hydrogen (secondary N) is 1. The van der Waals surface area contributed by atoms with Gasteiger partial charge in [-0.1, -0.05) is 11.3 Å². The van der Waals surface area contributed by atoms with E-state index in [9.17, 15) is 9.18 Å². The smallest absolute Gasteiger partial charge is 0.232 e. The third kappa shape index (κ3) is 3.23. The third-order valence-electron chi connectivity index (χ3n) is 4.22. The molecule has 0 aliphatic carbocycles. The van der Waals surface area contributed by atoms with Gasteiger partial charge in [0.25, 0.3) is 0 Å². The molecule has 2 aromatic heterocycles. The Morgan fingerprint density at radius 2 is 2.12 bits per heavy atom. The number of amides is 1. The summed E-state index contributed by atoms with van der Waals surface area (Å²) in [4.78, 5) is 12.7. The highest BCUT2D eigenvalue weighted by Gasteiger charge is 2.37. The SMILES string of the molecule is Cc1nnc(NC(=O)[C@H]2CCO[C@@H]2c2ccnn2-c2ccc(F)cc2)s1. The van der Waals surface area contributed by atoms with E-state index in [1.54, 1.807) is 23.0 Å². The van der Waals surface area contributed by atoms with Crippen LogP contribution in [-0.4, -0.2) is 32.5 Å². The second-order valence-electron chi connectivity index (χ2n) is 5.95. The summed E-state index contributed by atoms with van der Waals surface area (Å²) in [7, 11) is 0. The molecule has 0 saturated carbocycles. The van der Waals surface area contributed by atoms with Crippen LogP contribution in [0.1, 0.15) is 23.2 Å². The zero-order chi connectivity index (χ0) is 18.1. The monoisotopic (exact) mass is 373 g/mol. The van der Waals surface area contributed by atoms with E-state index in [2.05, 4.69) is 20.6 Å². The van der Waals surface area contributed by atoms with Gasteiger partial charge >= 0.3 is 0 Å². The van der Waals surface area contributed by atoms with Crippen LogP contribution in [0.4, 0.5) is 9.52 Å². The van der Waals surface area contributed by atoms with Gasteiger partial charge in [-0.2, -0.15) is 5.10 Å². The number of hydrogen-bond acceptors (Lipinski definition) is 6. The molecule has 4 rings (SSSR count). The first-order valence-electron chi connectivity index (χ1n) is 8.14. The maximum atomic E-state index is 13.2. The Bertz CT molecular complexity index is 923. The van der Waals surface area contributed by atoms with Gasteiger partial charge in [0, 0.05) is 12.8 Å². The minimum Gasteiger partial charge on any atom is -0.371 e. The Labute approximate surface area is 152 Å². The molecule has 1 aromatic carbocycles. The molecule has 26 heavy (non-hydrogen) atoms. The Hall–Kier alpha value is -2.65. The number of aryl methyl sites for hydroxylation is 1. The van der Waals surface area contributed by atoms with Gasteiger partial charge in [-0.15, -0.1) is 10.2 Å². The average Bonchev–Trinajstić information content (AvgIpc) is 3.35. The van der Waals surface area contributed by atoms with Crippen molar-refractivity contribution in [3.05, 3.63) is 53.0 Å². The van der Waals surface area contributed by atoms with Crippen LogP contribution in [0, 0.1) is 18.7 Å². The van der Waals surface area contributed by atoms with Crippen LogP contribution in [0.2, 0.25) is 0 Å². The molecular formula is C17H16FN5O2S. The number of carbonyl (C=O) groups is 1. The fourth-order valence-corrected chi connectivity index (χ4v) is 3.62. The lowest BCUT2D eigenvalue weighted by Gasteiger charge is -2.19. The Balaban J connectivity index is 1.58. The standard InChI is InChI=1S/C17H16FN5O2S/c1-10-21-22-17(26-10)20-16(24)13-7-9-25-15(13)14-6-8-19-23(14)12-4-2-11(18)3-5-12/h2-6,8,13,15H,7,9H2,1H3,(H,20,22,24)/t13-,15-/m0/s1. The minimum atomic E-state index is -0.434. The summed E-state index contributed by atoms with van der Waals surface area (Å²) in [5.74, 6) is -0.838. The lowest BCUT2D eigenvalue weighted by Crippen LogP contribution is -2.26. The number of benzene rings is 1. The fraction of sp³-hybridized carbons (Fsp3) is 0.294. The van der Waals surface area contributed by atoms with Gasteiger partial charge in [-0.05, 0) is 43.7 Å². The van der Waals surface area contributed by atoms with Crippen LogP contribution in [0.5, 0.6) is 0 Å². The summed E-state index contributed by atoms with van der Waals surface area (Å²) >= 11 is 1.33. The van der Waals surface area contributed by atoms with Crippen molar-refractivity contribution in [2.75, 3.05) is 11.9 Å². The van der Waals surface area contributed by atoms with Crippen molar-refractivity contribution in [2.24, 2.45) is 5.92 Å². The predicted molar refractivity (Wildman–Crippen MR) is 93.6 cm³/mol. The molecule has 134 valence electrons. The molecule has 7 nitrogen and oxygen atoms in total. The molecule has 1 fully saturated rings. The average molecular weight is 373 g/mol. The highest BCUT2D eigenvalue weighted by Crippen LogP contribution is 2.36. The van der Waals surface area contributed by atoms with E-state index in [4.69, 9.17) is 4.74 Å². The lowest BCUT2D eigenvalue weighted by molar-refractivity contribution is -0.121. The van der Waals surface area contributed by atoms with E-state index >= 15 is 0 Å². The van der Waals surface area contributed by atoms with E-state index in [0.717, 1.165) is 10.7 Å². The van der Waals surface area contributed by atoms with Gasteiger partial charge in [0.2, 0.25) is 11.0 Å². The van der Waals surface area contributed by atoms with E-state index in [0.29, 0.717) is 23.8 Å². The Morgan fingerprint density at radius 1 is 1.31 bits per heavy atom. The number of ether oxygens (including phenoxy) is 1. The van der Waals surface area contributed by atoms with Crippen molar-refractivity contribution in [3.63, 3.8) is 0 Å². The summed E-state index contributed by atoms with van der Waals surface area (Å²) in [5.41, 5.74) is 1.46. The molecule has 0 unspecified atom stereocenters. The van der Waals surface area contributed by atoms with Gasteiger partial charge in [0.15, 0.2) is 0 Å². The zero-order valence-electron chi connectivity index (χ0n) is 13.9. The van der Waals surface area contributed by atoms with Gasteiger partial charge in [-0.3, -0.25) is 4.79 Å². The van der Waals surface area contributed by atoms with Crippen molar-refractivity contribution in [3.8, 4) is 5.69 Å². The lowest BCUT2D eigenvalue weighted by atomic mass is 9.98. The molecule has 0 spiro atoms. The van der Waals surface area contributed by atoms with Gasteiger partial charge in [-0.25, -0.2) is 9.07 Å². The van der Waals surface area contributed by atoms with E-state index < -0.39 is 6.10 Å². The molecule has 0 radical (unpaired) electrons. The van der Waals surface area contributed by atoms with Crippen LogP contribution < -0.4 is 5.32 Å². The van der Waals surface area contributed by atoms with E-state index in [1.807, 2.05) is 13.0 Å². The molecule has 0 bridgehead atoms. The number of carbonyl (C=O) groups excluding carboxylic acids is 1. The molecular weight excluding hydrogens is 357 g/mol. The van der Waals surface area contributed by atoms with Crippen molar-refractivity contribution < 1.29 is 13.9 Å². The molecule has 1 aliphatic rings. The number of halogens is 1. The Morgan fingerprint density at radius 3 is 2.85 bits per heavy atom. The summed E-state index contributed by atoms with van der Waals surface area (Å²) in [6.07, 6.45) is 1.81. The summed E-state index contributed by atoms with van der Waals surface area (Å²) in [6.45, 7) is 2.31. The number of nitrogens with zero attached hydrogens (tertiary/aromatic N) is 4. The third-order valence-corrected chi connectivity index (χ3v) is 4.97. The largest absolute Gasteiger partial charge is 0.371 e. The topological polar surface area (TPSA) is 81.9 Å².